The molecule has 0 aliphatic carbocycles. The van der Waals surface area contributed by atoms with Crippen LogP contribution in [-0.4, -0.2) is 37.0 Å². The molecule has 1 aliphatic heterocycles. The summed E-state index contributed by atoms with van der Waals surface area (Å²) in [5.41, 5.74) is 5.79. The molecule has 0 radical (unpaired) electrons. The van der Waals surface area contributed by atoms with Gasteiger partial charge >= 0.3 is 0 Å². The summed E-state index contributed by atoms with van der Waals surface area (Å²) in [6.45, 7) is 2.70. The summed E-state index contributed by atoms with van der Waals surface area (Å²) in [7, 11) is 0. The van der Waals surface area contributed by atoms with Gasteiger partial charge in [0.2, 0.25) is 5.91 Å². The lowest BCUT2D eigenvalue weighted by atomic mass is 9.97. The summed E-state index contributed by atoms with van der Waals surface area (Å²) in [6, 6.07) is 4.20. The van der Waals surface area contributed by atoms with E-state index in [2.05, 4.69) is 10.2 Å². The molecule has 1 saturated heterocycles. The van der Waals surface area contributed by atoms with Crippen LogP contribution in [-0.2, 0) is 4.79 Å². The average molecular weight is 300 g/mol. The van der Waals surface area contributed by atoms with Gasteiger partial charge in [0.05, 0.1) is 12.2 Å². The fraction of sp³-hybridized carbons (Fsp3) is 0.500. The Kier molecular flexibility index (Phi) is 5.34. The number of rotatable bonds is 4. The molecule has 1 heterocycles. The average Bonchev–Trinajstić information content (AvgIpc) is 2.43. The number of carbonyl (C=O) groups is 1. The smallest absolute Gasteiger partial charge is 0.238 e. The molecular formula is C14H19ClFN3O. The molecule has 6 heteroatoms. The number of anilines is 1. The minimum absolute atomic E-state index is 0.163. The van der Waals surface area contributed by atoms with Crippen molar-refractivity contribution in [3.8, 4) is 0 Å². The number of halogens is 2. The lowest BCUT2D eigenvalue weighted by Gasteiger charge is -2.30. The number of nitrogens with two attached hydrogens (primary N) is 1. The first-order valence-corrected chi connectivity index (χ1v) is 7.13. The Hall–Kier alpha value is -1.17. The Morgan fingerprint density at radius 1 is 1.45 bits per heavy atom. The van der Waals surface area contributed by atoms with Crippen LogP contribution in [0.25, 0.3) is 0 Å². The van der Waals surface area contributed by atoms with Crippen molar-refractivity contribution in [1.29, 1.82) is 0 Å². The van der Waals surface area contributed by atoms with Crippen LogP contribution in [0.1, 0.15) is 12.8 Å². The zero-order chi connectivity index (χ0) is 14.5. The van der Waals surface area contributed by atoms with Crippen molar-refractivity contribution in [3.05, 3.63) is 29.0 Å². The predicted molar refractivity (Wildman–Crippen MR) is 78.3 cm³/mol. The van der Waals surface area contributed by atoms with Crippen molar-refractivity contribution in [2.45, 2.75) is 12.8 Å². The van der Waals surface area contributed by atoms with Crippen LogP contribution in [0, 0.1) is 11.7 Å². The number of nitrogens with zero attached hydrogens (tertiary/aromatic N) is 1. The lowest BCUT2D eigenvalue weighted by molar-refractivity contribution is -0.117. The third-order valence-electron chi connectivity index (χ3n) is 3.61. The molecule has 0 bridgehead atoms. The summed E-state index contributed by atoms with van der Waals surface area (Å²) in [4.78, 5) is 14.0. The number of hydrogen-bond acceptors (Lipinski definition) is 3. The monoisotopic (exact) mass is 299 g/mol. The number of benzene rings is 1. The van der Waals surface area contributed by atoms with Gasteiger partial charge in [-0.05, 0) is 56.6 Å². The van der Waals surface area contributed by atoms with Gasteiger partial charge in [-0.25, -0.2) is 4.39 Å². The molecule has 0 spiro atoms. The highest BCUT2D eigenvalue weighted by atomic mass is 35.5. The van der Waals surface area contributed by atoms with Gasteiger partial charge < -0.3 is 11.1 Å². The highest BCUT2D eigenvalue weighted by molar-refractivity contribution is 6.30. The van der Waals surface area contributed by atoms with E-state index in [4.69, 9.17) is 17.3 Å². The molecule has 0 atom stereocenters. The summed E-state index contributed by atoms with van der Waals surface area (Å²) in [6.07, 6.45) is 2.03. The number of hydrogen-bond donors (Lipinski definition) is 2. The molecule has 0 saturated carbocycles. The molecule has 2 rings (SSSR count). The van der Waals surface area contributed by atoms with Crippen LogP contribution in [0.2, 0.25) is 5.02 Å². The Bertz CT molecular complexity index is 475. The maximum absolute atomic E-state index is 13.6. The van der Waals surface area contributed by atoms with Crippen molar-refractivity contribution in [2.24, 2.45) is 11.7 Å². The van der Waals surface area contributed by atoms with E-state index in [1.165, 1.54) is 12.1 Å². The maximum Gasteiger partial charge on any atom is 0.238 e. The number of carbonyl (C=O) groups excluding carboxylic acids is 1. The third-order valence-corrected chi connectivity index (χ3v) is 3.85. The van der Waals surface area contributed by atoms with Crippen molar-refractivity contribution >= 4 is 23.2 Å². The van der Waals surface area contributed by atoms with Gasteiger partial charge in [-0.2, -0.15) is 0 Å². The maximum atomic E-state index is 13.6. The van der Waals surface area contributed by atoms with E-state index in [0.29, 0.717) is 17.5 Å². The summed E-state index contributed by atoms with van der Waals surface area (Å²) in [5, 5.41) is 2.88. The normalized spacial score (nSPS) is 17.1. The van der Waals surface area contributed by atoms with Gasteiger partial charge in [-0.15, -0.1) is 0 Å². The topological polar surface area (TPSA) is 58.4 Å². The largest absolute Gasteiger partial charge is 0.330 e. The van der Waals surface area contributed by atoms with E-state index in [1.807, 2.05) is 0 Å². The summed E-state index contributed by atoms with van der Waals surface area (Å²) < 4.78 is 13.6. The molecule has 1 aromatic carbocycles. The number of likely N-dealkylation sites (tertiary alicyclic amines) is 1. The fourth-order valence-corrected chi connectivity index (χ4v) is 2.52. The van der Waals surface area contributed by atoms with E-state index in [1.54, 1.807) is 6.07 Å². The Balaban J connectivity index is 1.84. The minimum Gasteiger partial charge on any atom is -0.330 e. The highest BCUT2D eigenvalue weighted by Gasteiger charge is 2.20. The summed E-state index contributed by atoms with van der Waals surface area (Å²) >= 11 is 5.67. The van der Waals surface area contributed by atoms with Gasteiger partial charge in [-0.1, -0.05) is 11.6 Å². The molecule has 110 valence electrons. The second-order valence-electron chi connectivity index (χ2n) is 5.13. The molecule has 1 aliphatic rings. The van der Waals surface area contributed by atoms with Crippen molar-refractivity contribution in [1.82, 2.24) is 4.90 Å². The number of nitrogens with one attached hydrogen (secondary N) is 1. The van der Waals surface area contributed by atoms with E-state index >= 15 is 0 Å². The number of piperidine rings is 1. The van der Waals surface area contributed by atoms with Crippen molar-refractivity contribution < 1.29 is 9.18 Å². The first-order chi connectivity index (χ1) is 9.58. The molecular weight excluding hydrogens is 281 g/mol. The van der Waals surface area contributed by atoms with Crippen LogP contribution < -0.4 is 11.1 Å². The molecule has 1 aromatic rings. The van der Waals surface area contributed by atoms with Crippen LogP contribution in [0.4, 0.5) is 10.1 Å². The van der Waals surface area contributed by atoms with Gasteiger partial charge in [-0.3, -0.25) is 9.69 Å². The predicted octanol–water partition coefficient (Wildman–Crippen LogP) is 2.09. The van der Waals surface area contributed by atoms with Crippen LogP contribution in [0.5, 0.6) is 0 Å². The molecule has 20 heavy (non-hydrogen) atoms. The lowest BCUT2D eigenvalue weighted by Crippen LogP contribution is -2.40. The second kappa shape index (κ2) is 7.02. The van der Waals surface area contributed by atoms with Crippen LogP contribution in [0.15, 0.2) is 18.2 Å². The van der Waals surface area contributed by atoms with Crippen LogP contribution in [0.3, 0.4) is 0 Å². The quantitative estimate of drug-likeness (QED) is 0.895. The van der Waals surface area contributed by atoms with Gasteiger partial charge in [0, 0.05) is 5.02 Å². The van der Waals surface area contributed by atoms with E-state index < -0.39 is 5.82 Å². The first kappa shape index (κ1) is 15.2. The van der Waals surface area contributed by atoms with E-state index in [0.717, 1.165) is 25.9 Å². The van der Waals surface area contributed by atoms with Crippen molar-refractivity contribution in [3.63, 3.8) is 0 Å². The minimum atomic E-state index is -0.521. The van der Waals surface area contributed by atoms with Gasteiger partial charge in [0.15, 0.2) is 0 Å². The Labute approximate surface area is 123 Å². The Morgan fingerprint density at radius 2 is 2.15 bits per heavy atom. The SMILES string of the molecule is NCC1CCN(CC(=O)Nc2ccc(Cl)cc2F)CC1. The van der Waals surface area contributed by atoms with Gasteiger partial charge in [0.25, 0.3) is 0 Å². The molecule has 0 unspecified atom stereocenters. The zero-order valence-corrected chi connectivity index (χ0v) is 12.0. The fourth-order valence-electron chi connectivity index (χ4n) is 2.36. The molecule has 3 N–H and O–H groups in total. The summed E-state index contributed by atoms with van der Waals surface area (Å²) in [5.74, 6) is -0.173. The number of amides is 1. The second-order valence-corrected chi connectivity index (χ2v) is 5.56. The van der Waals surface area contributed by atoms with Crippen LogP contribution >= 0.6 is 11.6 Å². The molecule has 0 aromatic heterocycles. The van der Waals surface area contributed by atoms with E-state index in [-0.39, 0.29) is 18.1 Å². The first-order valence-electron chi connectivity index (χ1n) is 6.76. The highest BCUT2D eigenvalue weighted by Crippen LogP contribution is 2.19. The molecule has 4 nitrogen and oxygen atoms in total. The van der Waals surface area contributed by atoms with E-state index in [9.17, 15) is 9.18 Å². The molecule has 1 amide bonds. The van der Waals surface area contributed by atoms with Gasteiger partial charge in [0.1, 0.15) is 5.82 Å². The zero-order valence-electron chi connectivity index (χ0n) is 11.2. The third kappa shape index (κ3) is 4.16. The standard InChI is InChI=1S/C14H19ClFN3O/c15-11-1-2-13(12(16)7-11)18-14(20)9-19-5-3-10(8-17)4-6-19/h1-2,7,10H,3-6,8-9,17H2,(H,18,20). The van der Waals surface area contributed by atoms with Crippen molar-refractivity contribution in [2.75, 3.05) is 31.5 Å². The molecule has 1 fully saturated rings. The Morgan fingerprint density at radius 3 is 2.75 bits per heavy atom.